The molecule has 1 unspecified atom stereocenters. The van der Waals surface area contributed by atoms with Crippen molar-refractivity contribution >= 4 is 5.97 Å². The standard InChI is InChI=1S/C10H21NO2/c1-7(2)8(11(5)6)10(3,4)9(12)13/h7-8H,1-6H3,(H,12,13). The van der Waals surface area contributed by atoms with Crippen LogP contribution in [-0.4, -0.2) is 36.1 Å². The molecule has 13 heavy (non-hydrogen) atoms. The summed E-state index contributed by atoms with van der Waals surface area (Å²) in [5.41, 5.74) is -0.697. The largest absolute Gasteiger partial charge is 0.481 e. The zero-order chi connectivity index (χ0) is 10.8. The van der Waals surface area contributed by atoms with Crippen LogP contribution < -0.4 is 0 Å². The van der Waals surface area contributed by atoms with E-state index in [-0.39, 0.29) is 6.04 Å². The van der Waals surface area contributed by atoms with Gasteiger partial charge in [-0.3, -0.25) is 4.79 Å². The summed E-state index contributed by atoms with van der Waals surface area (Å²) in [5.74, 6) is -0.402. The predicted octanol–water partition coefficient (Wildman–Crippen LogP) is 1.68. The molecular weight excluding hydrogens is 166 g/mol. The van der Waals surface area contributed by atoms with Crippen LogP contribution in [0.2, 0.25) is 0 Å². The maximum Gasteiger partial charge on any atom is 0.310 e. The van der Waals surface area contributed by atoms with Crippen molar-refractivity contribution in [2.45, 2.75) is 33.7 Å². The summed E-state index contributed by atoms with van der Waals surface area (Å²) in [5, 5.41) is 9.08. The number of carboxylic acid groups (broad SMARTS) is 1. The maximum atomic E-state index is 11.0. The number of nitrogens with zero attached hydrogens (tertiary/aromatic N) is 1. The fourth-order valence-electron chi connectivity index (χ4n) is 2.20. The van der Waals surface area contributed by atoms with Crippen LogP contribution in [0.1, 0.15) is 27.7 Å². The second-order valence-corrected chi connectivity index (χ2v) is 4.68. The fourth-order valence-corrected chi connectivity index (χ4v) is 2.20. The number of carbonyl (C=O) groups is 1. The molecule has 3 heteroatoms. The highest BCUT2D eigenvalue weighted by molar-refractivity contribution is 5.74. The Kier molecular flexibility index (Phi) is 3.91. The molecule has 0 saturated heterocycles. The number of hydrogen-bond acceptors (Lipinski definition) is 2. The van der Waals surface area contributed by atoms with Gasteiger partial charge in [0.15, 0.2) is 0 Å². The van der Waals surface area contributed by atoms with E-state index in [0.717, 1.165) is 0 Å². The molecule has 0 fully saturated rings. The third-order valence-corrected chi connectivity index (χ3v) is 2.48. The van der Waals surface area contributed by atoms with E-state index in [2.05, 4.69) is 13.8 Å². The van der Waals surface area contributed by atoms with Gasteiger partial charge in [0.25, 0.3) is 0 Å². The second kappa shape index (κ2) is 4.09. The Morgan fingerprint density at radius 1 is 1.31 bits per heavy atom. The molecule has 0 aliphatic heterocycles. The van der Waals surface area contributed by atoms with E-state index < -0.39 is 11.4 Å². The molecular formula is C10H21NO2. The van der Waals surface area contributed by atoms with Crippen LogP contribution in [0, 0.1) is 11.3 Å². The summed E-state index contributed by atoms with van der Waals surface area (Å²) in [6.07, 6.45) is 0. The first kappa shape index (κ1) is 12.4. The van der Waals surface area contributed by atoms with E-state index in [1.165, 1.54) is 0 Å². The maximum absolute atomic E-state index is 11.0. The number of aliphatic carboxylic acids is 1. The lowest BCUT2D eigenvalue weighted by Crippen LogP contribution is -2.49. The summed E-state index contributed by atoms with van der Waals surface area (Å²) in [7, 11) is 3.85. The minimum atomic E-state index is -0.736. The molecule has 0 radical (unpaired) electrons. The molecule has 0 aliphatic carbocycles. The molecule has 0 aromatic rings. The van der Waals surface area contributed by atoms with Gasteiger partial charge >= 0.3 is 5.97 Å². The summed E-state index contributed by atoms with van der Waals surface area (Å²) < 4.78 is 0. The molecule has 0 heterocycles. The molecule has 0 rings (SSSR count). The first-order valence-corrected chi connectivity index (χ1v) is 4.61. The van der Waals surface area contributed by atoms with Crippen LogP contribution >= 0.6 is 0 Å². The van der Waals surface area contributed by atoms with Gasteiger partial charge in [-0.15, -0.1) is 0 Å². The molecule has 0 bridgehead atoms. The Bertz CT molecular complexity index is 177. The molecule has 0 saturated carbocycles. The third-order valence-electron chi connectivity index (χ3n) is 2.48. The Labute approximate surface area is 80.7 Å². The van der Waals surface area contributed by atoms with Gasteiger partial charge in [0.1, 0.15) is 0 Å². The first-order chi connectivity index (χ1) is 5.71. The highest BCUT2D eigenvalue weighted by atomic mass is 16.4. The van der Waals surface area contributed by atoms with Gasteiger partial charge in [0.2, 0.25) is 0 Å². The van der Waals surface area contributed by atoms with Crippen LogP contribution in [0.5, 0.6) is 0 Å². The smallest absolute Gasteiger partial charge is 0.310 e. The molecule has 1 N–H and O–H groups in total. The van der Waals surface area contributed by atoms with Crippen molar-refractivity contribution in [2.24, 2.45) is 11.3 Å². The molecule has 78 valence electrons. The summed E-state index contributed by atoms with van der Waals surface area (Å²) in [6, 6.07) is 0.0602. The quantitative estimate of drug-likeness (QED) is 0.728. The summed E-state index contributed by atoms with van der Waals surface area (Å²) in [4.78, 5) is 13.0. The minimum absolute atomic E-state index is 0.0602. The molecule has 0 spiro atoms. The van der Waals surface area contributed by atoms with Crippen LogP contribution in [0.3, 0.4) is 0 Å². The van der Waals surface area contributed by atoms with Crippen molar-refractivity contribution in [3.05, 3.63) is 0 Å². The normalized spacial score (nSPS) is 15.1. The van der Waals surface area contributed by atoms with E-state index >= 15 is 0 Å². The van der Waals surface area contributed by atoms with E-state index in [1.807, 2.05) is 19.0 Å². The number of hydrogen-bond donors (Lipinski definition) is 1. The van der Waals surface area contributed by atoms with Gasteiger partial charge in [-0.05, 0) is 33.9 Å². The Hall–Kier alpha value is -0.570. The van der Waals surface area contributed by atoms with E-state index in [9.17, 15) is 4.79 Å². The molecule has 1 atom stereocenters. The highest BCUT2D eigenvalue weighted by Gasteiger charge is 2.39. The molecule has 0 aromatic carbocycles. The van der Waals surface area contributed by atoms with Crippen LogP contribution in [0.4, 0.5) is 0 Å². The number of carboxylic acids is 1. The second-order valence-electron chi connectivity index (χ2n) is 4.68. The van der Waals surface area contributed by atoms with Crippen LogP contribution in [0.25, 0.3) is 0 Å². The average molecular weight is 187 g/mol. The van der Waals surface area contributed by atoms with Crippen molar-refractivity contribution in [3.63, 3.8) is 0 Å². The lowest BCUT2D eigenvalue weighted by atomic mass is 9.78. The van der Waals surface area contributed by atoms with Gasteiger partial charge in [-0.2, -0.15) is 0 Å². The topological polar surface area (TPSA) is 40.5 Å². The van der Waals surface area contributed by atoms with Gasteiger partial charge < -0.3 is 10.0 Å². The van der Waals surface area contributed by atoms with E-state index in [4.69, 9.17) is 5.11 Å². The first-order valence-electron chi connectivity index (χ1n) is 4.61. The third kappa shape index (κ3) is 2.69. The van der Waals surface area contributed by atoms with Gasteiger partial charge in [-0.25, -0.2) is 0 Å². The van der Waals surface area contributed by atoms with Crippen molar-refractivity contribution in [1.82, 2.24) is 4.90 Å². The van der Waals surface area contributed by atoms with Gasteiger partial charge in [-0.1, -0.05) is 13.8 Å². The summed E-state index contributed by atoms with van der Waals surface area (Å²) >= 11 is 0. The molecule has 0 aromatic heterocycles. The van der Waals surface area contributed by atoms with Gasteiger partial charge in [0.05, 0.1) is 5.41 Å². The predicted molar refractivity (Wildman–Crippen MR) is 53.7 cm³/mol. The summed E-state index contributed by atoms with van der Waals surface area (Å²) in [6.45, 7) is 7.66. The van der Waals surface area contributed by atoms with E-state index in [0.29, 0.717) is 5.92 Å². The monoisotopic (exact) mass is 187 g/mol. The van der Waals surface area contributed by atoms with E-state index in [1.54, 1.807) is 13.8 Å². The van der Waals surface area contributed by atoms with Crippen molar-refractivity contribution in [2.75, 3.05) is 14.1 Å². The fraction of sp³-hybridized carbons (Fsp3) is 0.900. The number of rotatable bonds is 4. The lowest BCUT2D eigenvalue weighted by Gasteiger charge is -2.38. The van der Waals surface area contributed by atoms with Crippen molar-refractivity contribution < 1.29 is 9.90 Å². The molecule has 0 aliphatic rings. The Balaban J connectivity index is 4.83. The SMILES string of the molecule is CC(C)C(N(C)C)C(C)(C)C(=O)O. The molecule has 3 nitrogen and oxygen atoms in total. The minimum Gasteiger partial charge on any atom is -0.481 e. The Morgan fingerprint density at radius 3 is 1.77 bits per heavy atom. The molecule has 0 amide bonds. The van der Waals surface area contributed by atoms with Gasteiger partial charge in [0, 0.05) is 6.04 Å². The van der Waals surface area contributed by atoms with Crippen molar-refractivity contribution in [3.8, 4) is 0 Å². The lowest BCUT2D eigenvalue weighted by molar-refractivity contribution is -0.151. The van der Waals surface area contributed by atoms with Crippen LogP contribution in [-0.2, 0) is 4.79 Å². The van der Waals surface area contributed by atoms with Crippen molar-refractivity contribution in [1.29, 1.82) is 0 Å². The van der Waals surface area contributed by atoms with Crippen LogP contribution in [0.15, 0.2) is 0 Å². The highest BCUT2D eigenvalue weighted by Crippen LogP contribution is 2.29. The zero-order valence-corrected chi connectivity index (χ0v) is 9.46. The Morgan fingerprint density at radius 2 is 1.69 bits per heavy atom. The average Bonchev–Trinajstić information content (AvgIpc) is 1.82. The zero-order valence-electron chi connectivity index (χ0n) is 9.46.